The van der Waals surface area contributed by atoms with Crippen molar-refractivity contribution in [2.75, 3.05) is 6.54 Å². The van der Waals surface area contributed by atoms with Crippen molar-refractivity contribution in [3.8, 4) is 0 Å². The van der Waals surface area contributed by atoms with Crippen molar-refractivity contribution < 1.29 is 18.0 Å². The van der Waals surface area contributed by atoms with Crippen LogP contribution in [-0.2, 0) is 17.4 Å². The molecule has 0 bridgehead atoms. The van der Waals surface area contributed by atoms with Gasteiger partial charge in [-0.25, -0.2) is 0 Å². The van der Waals surface area contributed by atoms with Gasteiger partial charge in [-0.05, 0) is 43.0 Å². The standard InChI is InChI=1S/C16H21F3N2O.ClH/c17-16(18,19)13-7-5-11(6-8-13)9-15(22)21-14-4-2-1-3-12(14)10-20;/h5-8,12,14H,1-4,9-10,20H2,(H,21,22);1H. The van der Waals surface area contributed by atoms with E-state index in [4.69, 9.17) is 5.73 Å². The van der Waals surface area contributed by atoms with Crippen LogP contribution in [-0.4, -0.2) is 18.5 Å². The molecule has 1 fully saturated rings. The van der Waals surface area contributed by atoms with Gasteiger partial charge < -0.3 is 11.1 Å². The van der Waals surface area contributed by atoms with Gasteiger partial charge in [0.15, 0.2) is 0 Å². The molecule has 23 heavy (non-hydrogen) atoms. The maximum absolute atomic E-state index is 12.5. The summed E-state index contributed by atoms with van der Waals surface area (Å²) in [6.45, 7) is 0.547. The van der Waals surface area contributed by atoms with Crippen molar-refractivity contribution in [2.45, 2.75) is 44.3 Å². The van der Waals surface area contributed by atoms with Crippen LogP contribution in [0.2, 0.25) is 0 Å². The maximum atomic E-state index is 12.5. The average Bonchev–Trinajstić information content (AvgIpc) is 2.47. The Morgan fingerprint density at radius 1 is 1.17 bits per heavy atom. The normalized spacial score (nSPS) is 21.4. The number of nitrogens with two attached hydrogens (primary N) is 1. The molecule has 1 aliphatic rings. The number of nitrogens with one attached hydrogen (secondary N) is 1. The molecular formula is C16H22ClF3N2O. The smallest absolute Gasteiger partial charge is 0.353 e. The van der Waals surface area contributed by atoms with Crippen LogP contribution >= 0.6 is 12.4 Å². The van der Waals surface area contributed by atoms with E-state index in [-0.39, 0.29) is 30.8 Å². The second-order valence-corrected chi connectivity index (χ2v) is 5.83. The molecule has 1 aliphatic carbocycles. The average molecular weight is 351 g/mol. The molecule has 0 heterocycles. The first-order chi connectivity index (χ1) is 10.4. The third kappa shape index (κ3) is 5.70. The molecular weight excluding hydrogens is 329 g/mol. The van der Waals surface area contributed by atoms with Crippen LogP contribution in [0.4, 0.5) is 13.2 Å². The van der Waals surface area contributed by atoms with Crippen LogP contribution in [0.5, 0.6) is 0 Å². The molecule has 2 rings (SSSR count). The van der Waals surface area contributed by atoms with Gasteiger partial charge in [-0.3, -0.25) is 4.79 Å². The third-order valence-electron chi connectivity index (χ3n) is 4.20. The molecule has 130 valence electrons. The molecule has 0 aromatic heterocycles. The van der Waals surface area contributed by atoms with Crippen molar-refractivity contribution in [3.63, 3.8) is 0 Å². The van der Waals surface area contributed by atoms with Gasteiger partial charge in [0.25, 0.3) is 0 Å². The number of amides is 1. The van der Waals surface area contributed by atoms with Crippen LogP contribution in [0.1, 0.15) is 36.8 Å². The van der Waals surface area contributed by atoms with E-state index in [1.54, 1.807) is 0 Å². The molecule has 0 radical (unpaired) electrons. The van der Waals surface area contributed by atoms with E-state index < -0.39 is 11.7 Å². The zero-order chi connectivity index (χ0) is 16.2. The largest absolute Gasteiger partial charge is 0.416 e. The van der Waals surface area contributed by atoms with Crippen molar-refractivity contribution in [3.05, 3.63) is 35.4 Å². The predicted octanol–water partition coefficient (Wildman–Crippen LogP) is 3.30. The van der Waals surface area contributed by atoms with Crippen LogP contribution < -0.4 is 11.1 Å². The minimum atomic E-state index is -4.35. The van der Waals surface area contributed by atoms with Crippen molar-refractivity contribution in [1.82, 2.24) is 5.32 Å². The topological polar surface area (TPSA) is 55.1 Å². The lowest BCUT2D eigenvalue weighted by atomic mass is 9.84. The lowest BCUT2D eigenvalue weighted by molar-refractivity contribution is -0.137. The van der Waals surface area contributed by atoms with Gasteiger partial charge in [-0.2, -0.15) is 13.2 Å². The quantitative estimate of drug-likeness (QED) is 0.875. The Labute approximate surface area is 140 Å². The molecule has 1 amide bonds. The summed E-state index contributed by atoms with van der Waals surface area (Å²) in [7, 11) is 0. The van der Waals surface area contributed by atoms with Crippen molar-refractivity contribution >= 4 is 18.3 Å². The van der Waals surface area contributed by atoms with Crippen molar-refractivity contribution in [2.24, 2.45) is 11.7 Å². The zero-order valence-electron chi connectivity index (χ0n) is 12.7. The lowest BCUT2D eigenvalue weighted by Gasteiger charge is -2.31. The number of hydrogen-bond donors (Lipinski definition) is 2. The number of carbonyl (C=O) groups is 1. The summed E-state index contributed by atoms with van der Waals surface area (Å²) >= 11 is 0. The van der Waals surface area contributed by atoms with E-state index in [1.165, 1.54) is 12.1 Å². The summed E-state index contributed by atoms with van der Waals surface area (Å²) in [4.78, 5) is 12.0. The van der Waals surface area contributed by atoms with Crippen LogP contribution in [0.3, 0.4) is 0 Å². The minimum absolute atomic E-state index is 0. The highest BCUT2D eigenvalue weighted by Gasteiger charge is 2.30. The first-order valence-electron chi connectivity index (χ1n) is 7.55. The number of hydrogen-bond acceptors (Lipinski definition) is 2. The van der Waals surface area contributed by atoms with Gasteiger partial charge >= 0.3 is 6.18 Å². The minimum Gasteiger partial charge on any atom is -0.353 e. The molecule has 7 heteroatoms. The lowest BCUT2D eigenvalue weighted by Crippen LogP contribution is -2.45. The Hall–Kier alpha value is -1.27. The second kappa shape index (κ2) is 8.55. The van der Waals surface area contributed by atoms with Gasteiger partial charge in [-0.1, -0.05) is 25.0 Å². The summed E-state index contributed by atoms with van der Waals surface area (Å²) < 4.78 is 37.4. The van der Waals surface area contributed by atoms with Gasteiger partial charge in [0.1, 0.15) is 0 Å². The molecule has 1 saturated carbocycles. The Kier molecular flexibility index (Phi) is 7.35. The molecule has 1 aromatic rings. The number of halogens is 4. The number of rotatable bonds is 4. The second-order valence-electron chi connectivity index (χ2n) is 5.83. The maximum Gasteiger partial charge on any atom is 0.416 e. The molecule has 2 unspecified atom stereocenters. The van der Waals surface area contributed by atoms with E-state index in [0.29, 0.717) is 18.0 Å². The van der Waals surface area contributed by atoms with Crippen LogP contribution in [0.15, 0.2) is 24.3 Å². The molecule has 0 spiro atoms. The van der Waals surface area contributed by atoms with Crippen molar-refractivity contribution in [1.29, 1.82) is 0 Å². The molecule has 0 saturated heterocycles. The monoisotopic (exact) mass is 350 g/mol. The molecule has 2 atom stereocenters. The Balaban J connectivity index is 0.00000264. The number of carbonyl (C=O) groups excluding carboxylic acids is 1. The Morgan fingerprint density at radius 3 is 2.35 bits per heavy atom. The van der Waals surface area contributed by atoms with Gasteiger partial charge in [0, 0.05) is 6.04 Å². The summed E-state index contributed by atoms with van der Waals surface area (Å²) in [6.07, 6.45) is -0.125. The summed E-state index contributed by atoms with van der Waals surface area (Å²) in [6, 6.07) is 4.80. The van der Waals surface area contributed by atoms with Gasteiger partial charge in [0.2, 0.25) is 5.91 Å². The molecule has 3 N–H and O–H groups in total. The highest BCUT2D eigenvalue weighted by molar-refractivity contribution is 5.85. The van der Waals surface area contributed by atoms with Gasteiger partial charge in [-0.15, -0.1) is 12.4 Å². The fourth-order valence-corrected chi connectivity index (χ4v) is 2.93. The molecule has 1 aromatic carbocycles. The van der Waals surface area contributed by atoms with E-state index >= 15 is 0 Å². The summed E-state index contributed by atoms with van der Waals surface area (Å²) in [5.41, 5.74) is 5.59. The van der Waals surface area contributed by atoms with E-state index in [9.17, 15) is 18.0 Å². The highest BCUT2D eigenvalue weighted by atomic mass is 35.5. The van der Waals surface area contributed by atoms with Crippen LogP contribution in [0.25, 0.3) is 0 Å². The Morgan fingerprint density at radius 2 is 1.78 bits per heavy atom. The fourth-order valence-electron chi connectivity index (χ4n) is 2.93. The fraction of sp³-hybridized carbons (Fsp3) is 0.562. The summed E-state index contributed by atoms with van der Waals surface area (Å²) in [5, 5.41) is 2.97. The van der Waals surface area contributed by atoms with E-state index in [2.05, 4.69) is 5.32 Å². The number of benzene rings is 1. The first-order valence-corrected chi connectivity index (χ1v) is 7.55. The van der Waals surface area contributed by atoms with E-state index in [0.717, 1.165) is 37.8 Å². The van der Waals surface area contributed by atoms with Gasteiger partial charge in [0.05, 0.1) is 12.0 Å². The predicted molar refractivity (Wildman–Crippen MR) is 85.3 cm³/mol. The van der Waals surface area contributed by atoms with Crippen LogP contribution in [0, 0.1) is 5.92 Å². The van der Waals surface area contributed by atoms with E-state index in [1.807, 2.05) is 0 Å². The first kappa shape index (κ1) is 19.8. The zero-order valence-corrected chi connectivity index (χ0v) is 13.6. The molecule has 0 aliphatic heterocycles. The Bertz CT molecular complexity index is 505. The highest BCUT2D eigenvalue weighted by Crippen LogP contribution is 2.29. The number of alkyl halides is 3. The summed E-state index contributed by atoms with van der Waals surface area (Å²) in [5.74, 6) is 0.135. The third-order valence-corrected chi connectivity index (χ3v) is 4.20. The molecule has 3 nitrogen and oxygen atoms in total. The SMILES string of the molecule is Cl.NCC1CCCCC1NC(=O)Cc1ccc(C(F)(F)F)cc1.